The number of hydrogen-bond acceptors (Lipinski definition) is 4. The Morgan fingerprint density at radius 3 is 3.08 bits per heavy atom. The Hall–Kier alpha value is -1.24. The van der Waals surface area contributed by atoms with E-state index in [1.807, 2.05) is 18.9 Å². The minimum atomic E-state index is 0.0556. The molecule has 0 spiro atoms. The van der Waals surface area contributed by atoms with E-state index in [2.05, 4.69) is 16.4 Å². The van der Waals surface area contributed by atoms with Crippen LogP contribution in [0.1, 0.15) is 6.92 Å². The molecule has 1 aliphatic heterocycles. The molecule has 0 aromatic heterocycles. The SMILES string of the molecule is CC(C#N)CN(C)C1=NCCN1. The Balaban J connectivity index is 2.38. The van der Waals surface area contributed by atoms with Crippen LogP contribution in [0.25, 0.3) is 0 Å². The van der Waals surface area contributed by atoms with Crippen molar-refractivity contribution < 1.29 is 0 Å². The van der Waals surface area contributed by atoms with E-state index >= 15 is 0 Å². The third-order valence-corrected chi connectivity index (χ3v) is 1.79. The maximum absolute atomic E-state index is 8.59. The third kappa shape index (κ3) is 2.12. The fourth-order valence-corrected chi connectivity index (χ4v) is 1.18. The highest BCUT2D eigenvalue weighted by atomic mass is 15.3. The second-order valence-electron chi connectivity index (χ2n) is 3.04. The van der Waals surface area contributed by atoms with Gasteiger partial charge in [-0.25, -0.2) is 0 Å². The zero-order valence-electron chi connectivity index (χ0n) is 7.54. The maximum atomic E-state index is 8.59. The van der Waals surface area contributed by atoms with E-state index < -0.39 is 0 Å². The molecule has 4 heteroatoms. The molecule has 1 atom stereocenters. The lowest BCUT2D eigenvalue weighted by Gasteiger charge is -2.19. The minimum Gasteiger partial charge on any atom is -0.354 e. The molecular formula is C8H14N4. The van der Waals surface area contributed by atoms with Gasteiger partial charge in [-0.05, 0) is 6.92 Å². The molecule has 4 nitrogen and oxygen atoms in total. The molecule has 1 N–H and O–H groups in total. The zero-order valence-corrected chi connectivity index (χ0v) is 7.54. The summed E-state index contributed by atoms with van der Waals surface area (Å²) < 4.78 is 0. The highest BCUT2D eigenvalue weighted by Gasteiger charge is 2.12. The average Bonchev–Trinajstić information content (AvgIpc) is 2.56. The number of rotatable bonds is 2. The Labute approximate surface area is 72.9 Å². The summed E-state index contributed by atoms with van der Waals surface area (Å²) in [5.74, 6) is 0.970. The highest BCUT2D eigenvalue weighted by Crippen LogP contribution is 1.98. The molecule has 0 saturated heterocycles. The predicted octanol–water partition coefficient (Wildman–Crippen LogP) is 0.0371. The molecule has 0 aromatic carbocycles. The summed E-state index contributed by atoms with van der Waals surface area (Å²) in [7, 11) is 1.95. The molecule has 1 aliphatic rings. The van der Waals surface area contributed by atoms with Gasteiger partial charge in [-0.2, -0.15) is 5.26 Å². The van der Waals surface area contributed by atoms with Gasteiger partial charge >= 0.3 is 0 Å². The summed E-state index contributed by atoms with van der Waals surface area (Å²) in [5.41, 5.74) is 0. The summed E-state index contributed by atoms with van der Waals surface area (Å²) in [6.45, 7) is 4.41. The van der Waals surface area contributed by atoms with Crippen LogP contribution in [0.15, 0.2) is 4.99 Å². The van der Waals surface area contributed by atoms with E-state index in [9.17, 15) is 0 Å². The van der Waals surface area contributed by atoms with Crippen molar-refractivity contribution in [2.24, 2.45) is 10.9 Å². The first-order valence-corrected chi connectivity index (χ1v) is 4.13. The molecule has 1 unspecified atom stereocenters. The fraction of sp³-hybridized carbons (Fsp3) is 0.750. The highest BCUT2D eigenvalue weighted by molar-refractivity contribution is 5.81. The van der Waals surface area contributed by atoms with Crippen LogP contribution in [0.5, 0.6) is 0 Å². The number of hydrogen-bond donors (Lipinski definition) is 1. The van der Waals surface area contributed by atoms with E-state index in [0.29, 0.717) is 0 Å². The molecule has 0 amide bonds. The second kappa shape index (κ2) is 3.96. The lowest BCUT2D eigenvalue weighted by atomic mass is 10.2. The van der Waals surface area contributed by atoms with Crippen molar-refractivity contribution in [1.82, 2.24) is 10.2 Å². The van der Waals surface area contributed by atoms with E-state index in [4.69, 9.17) is 5.26 Å². The van der Waals surface area contributed by atoms with Crippen molar-refractivity contribution >= 4 is 5.96 Å². The molecule has 0 fully saturated rings. The van der Waals surface area contributed by atoms with Crippen LogP contribution < -0.4 is 5.32 Å². The molecular weight excluding hydrogens is 152 g/mol. The standard InChI is InChI=1S/C8H14N4/c1-7(5-9)6-12(2)8-10-3-4-11-8/h7H,3-4,6H2,1-2H3,(H,10,11). The van der Waals surface area contributed by atoms with Gasteiger partial charge in [0.05, 0.1) is 18.5 Å². The average molecular weight is 166 g/mol. The van der Waals surface area contributed by atoms with Gasteiger partial charge < -0.3 is 10.2 Å². The van der Waals surface area contributed by atoms with Crippen LogP contribution >= 0.6 is 0 Å². The quantitative estimate of drug-likeness (QED) is 0.630. The smallest absolute Gasteiger partial charge is 0.193 e. The van der Waals surface area contributed by atoms with Crippen molar-refractivity contribution in [1.29, 1.82) is 5.26 Å². The minimum absolute atomic E-state index is 0.0556. The maximum Gasteiger partial charge on any atom is 0.193 e. The Morgan fingerprint density at radius 2 is 2.58 bits per heavy atom. The van der Waals surface area contributed by atoms with Crippen LogP contribution in [0.2, 0.25) is 0 Å². The van der Waals surface area contributed by atoms with E-state index in [1.165, 1.54) is 0 Å². The van der Waals surface area contributed by atoms with Crippen LogP contribution in [0.4, 0.5) is 0 Å². The van der Waals surface area contributed by atoms with Crippen LogP contribution in [-0.2, 0) is 0 Å². The van der Waals surface area contributed by atoms with Gasteiger partial charge in [-0.3, -0.25) is 4.99 Å². The van der Waals surface area contributed by atoms with Crippen molar-refractivity contribution in [3.05, 3.63) is 0 Å². The number of nitrogens with zero attached hydrogens (tertiary/aromatic N) is 3. The largest absolute Gasteiger partial charge is 0.354 e. The predicted molar refractivity (Wildman–Crippen MR) is 47.7 cm³/mol. The van der Waals surface area contributed by atoms with Gasteiger partial charge in [0.1, 0.15) is 0 Å². The van der Waals surface area contributed by atoms with Crippen molar-refractivity contribution in [2.75, 3.05) is 26.7 Å². The van der Waals surface area contributed by atoms with Gasteiger partial charge in [0.2, 0.25) is 0 Å². The van der Waals surface area contributed by atoms with Gasteiger partial charge in [-0.15, -0.1) is 0 Å². The summed E-state index contributed by atoms with van der Waals surface area (Å²) in [5, 5.41) is 11.7. The molecule has 0 aliphatic carbocycles. The van der Waals surface area contributed by atoms with E-state index in [0.717, 1.165) is 25.6 Å². The molecule has 12 heavy (non-hydrogen) atoms. The van der Waals surface area contributed by atoms with Crippen molar-refractivity contribution in [2.45, 2.75) is 6.92 Å². The molecule has 0 aromatic rings. The third-order valence-electron chi connectivity index (χ3n) is 1.79. The lowest BCUT2D eigenvalue weighted by molar-refractivity contribution is 0.444. The molecule has 0 saturated carbocycles. The van der Waals surface area contributed by atoms with Crippen molar-refractivity contribution in [3.63, 3.8) is 0 Å². The van der Waals surface area contributed by atoms with E-state index in [1.54, 1.807) is 0 Å². The number of nitrogens with one attached hydrogen (secondary N) is 1. The van der Waals surface area contributed by atoms with Gasteiger partial charge in [-0.1, -0.05) is 0 Å². The summed E-state index contributed by atoms with van der Waals surface area (Å²) >= 11 is 0. The van der Waals surface area contributed by atoms with Gasteiger partial charge in [0.25, 0.3) is 0 Å². The molecule has 66 valence electrons. The van der Waals surface area contributed by atoms with Crippen LogP contribution in [-0.4, -0.2) is 37.5 Å². The fourth-order valence-electron chi connectivity index (χ4n) is 1.18. The Kier molecular flexibility index (Phi) is 2.92. The summed E-state index contributed by atoms with van der Waals surface area (Å²) in [4.78, 5) is 6.23. The Bertz CT molecular complexity index is 216. The zero-order chi connectivity index (χ0) is 8.97. The number of guanidine groups is 1. The van der Waals surface area contributed by atoms with Crippen molar-refractivity contribution in [3.8, 4) is 6.07 Å². The molecule has 0 radical (unpaired) electrons. The molecule has 1 heterocycles. The molecule has 1 rings (SSSR count). The van der Waals surface area contributed by atoms with Crippen LogP contribution in [0.3, 0.4) is 0 Å². The summed E-state index contributed by atoms with van der Waals surface area (Å²) in [6, 6.07) is 2.19. The number of aliphatic imine (C=N–C) groups is 1. The summed E-state index contributed by atoms with van der Waals surface area (Å²) in [6.07, 6.45) is 0. The first-order chi connectivity index (χ1) is 5.74. The Morgan fingerprint density at radius 1 is 1.83 bits per heavy atom. The topological polar surface area (TPSA) is 51.4 Å². The second-order valence-corrected chi connectivity index (χ2v) is 3.04. The van der Waals surface area contributed by atoms with Crippen LogP contribution in [0, 0.1) is 17.2 Å². The lowest BCUT2D eigenvalue weighted by Crippen LogP contribution is -2.38. The van der Waals surface area contributed by atoms with E-state index in [-0.39, 0.29) is 5.92 Å². The van der Waals surface area contributed by atoms with Gasteiger partial charge in [0.15, 0.2) is 5.96 Å². The molecule has 0 bridgehead atoms. The first-order valence-electron chi connectivity index (χ1n) is 4.13. The number of nitriles is 1. The first kappa shape index (κ1) is 8.85. The monoisotopic (exact) mass is 166 g/mol. The van der Waals surface area contributed by atoms with Gasteiger partial charge in [0, 0.05) is 20.1 Å². The normalized spacial score (nSPS) is 17.6.